The molecule has 0 bridgehead atoms. The zero-order valence-corrected chi connectivity index (χ0v) is 14.7. The van der Waals surface area contributed by atoms with Gasteiger partial charge in [0.15, 0.2) is 0 Å². The van der Waals surface area contributed by atoms with E-state index in [-0.39, 0.29) is 23.9 Å². The van der Waals surface area contributed by atoms with Crippen LogP contribution in [0.25, 0.3) is 0 Å². The van der Waals surface area contributed by atoms with Crippen LogP contribution in [0.3, 0.4) is 0 Å². The Hall–Kier alpha value is -1.55. The highest BCUT2D eigenvalue weighted by Gasteiger charge is 2.40. The van der Waals surface area contributed by atoms with Gasteiger partial charge < -0.3 is 10.2 Å². The first-order valence-corrected chi connectivity index (χ1v) is 9.36. The monoisotopic (exact) mass is 348 g/mol. The van der Waals surface area contributed by atoms with E-state index in [0.29, 0.717) is 19.4 Å². The number of nitrogens with one attached hydrogen (secondary N) is 1. The Kier molecular flexibility index (Phi) is 5.77. The Balaban J connectivity index is 1.53. The first-order chi connectivity index (χ1) is 11.6. The largest absolute Gasteiger partial charge is 0.354 e. The van der Waals surface area contributed by atoms with Crippen LogP contribution in [0.1, 0.15) is 50.5 Å². The molecule has 1 unspecified atom stereocenters. The second kappa shape index (κ2) is 8.02. The summed E-state index contributed by atoms with van der Waals surface area (Å²) in [5.74, 6) is 0.153. The summed E-state index contributed by atoms with van der Waals surface area (Å²) in [4.78, 5) is 26.7. The van der Waals surface area contributed by atoms with Crippen molar-refractivity contribution in [2.75, 3.05) is 6.54 Å². The Labute approximate surface area is 148 Å². The first-order valence-electron chi connectivity index (χ1n) is 8.98. The minimum Gasteiger partial charge on any atom is -0.354 e. The molecule has 4 nitrogen and oxygen atoms in total. The molecule has 2 fully saturated rings. The molecule has 0 spiro atoms. The van der Waals surface area contributed by atoms with Crippen molar-refractivity contribution >= 4 is 23.4 Å². The number of hydrogen-bond donors (Lipinski definition) is 1. The molecule has 24 heavy (non-hydrogen) atoms. The minimum atomic E-state index is -0.272. The van der Waals surface area contributed by atoms with Gasteiger partial charge in [0.1, 0.15) is 6.04 Å². The van der Waals surface area contributed by atoms with Crippen LogP contribution >= 0.6 is 11.6 Å². The zero-order chi connectivity index (χ0) is 16.9. The van der Waals surface area contributed by atoms with Crippen molar-refractivity contribution in [3.63, 3.8) is 0 Å². The maximum Gasteiger partial charge on any atom is 0.242 e. The number of rotatable bonds is 5. The summed E-state index contributed by atoms with van der Waals surface area (Å²) in [5, 5.41) is 3.73. The highest BCUT2D eigenvalue weighted by molar-refractivity contribution is 6.30. The van der Waals surface area contributed by atoms with Gasteiger partial charge in [0.2, 0.25) is 11.8 Å². The predicted molar refractivity (Wildman–Crippen MR) is 94.9 cm³/mol. The fraction of sp³-hybridized carbons (Fsp3) is 0.579. The van der Waals surface area contributed by atoms with Gasteiger partial charge in [0.25, 0.3) is 0 Å². The maximum absolute atomic E-state index is 12.6. The molecule has 1 N–H and O–H groups in total. The third-order valence-corrected chi connectivity index (χ3v) is 5.40. The molecular formula is C19H25ClN2O2. The normalized spacial score (nSPS) is 22.0. The van der Waals surface area contributed by atoms with Crippen molar-refractivity contribution in [2.45, 2.75) is 63.5 Å². The molecule has 0 radical (unpaired) electrons. The van der Waals surface area contributed by atoms with Gasteiger partial charge in [-0.3, -0.25) is 9.59 Å². The van der Waals surface area contributed by atoms with Crippen LogP contribution in [0.2, 0.25) is 5.02 Å². The number of halogens is 1. The highest BCUT2D eigenvalue weighted by atomic mass is 35.5. The first kappa shape index (κ1) is 17.3. The Morgan fingerprint density at radius 2 is 1.83 bits per heavy atom. The molecule has 1 aliphatic heterocycles. The summed E-state index contributed by atoms with van der Waals surface area (Å²) in [6.07, 6.45) is 7.59. The van der Waals surface area contributed by atoms with E-state index in [0.717, 1.165) is 29.8 Å². The van der Waals surface area contributed by atoms with Gasteiger partial charge in [-0.15, -0.1) is 0 Å². The molecule has 5 heteroatoms. The van der Waals surface area contributed by atoms with Crippen molar-refractivity contribution in [3.05, 3.63) is 34.9 Å². The third kappa shape index (κ3) is 4.10. The maximum atomic E-state index is 12.6. The summed E-state index contributed by atoms with van der Waals surface area (Å²) in [5.41, 5.74) is 1.14. The molecule has 130 valence electrons. The highest BCUT2D eigenvalue weighted by Crippen LogP contribution is 2.30. The number of amides is 2. The molecule has 1 heterocycles. The summed E-state index contributed by atoms with van der Waals surface area (Å²) in [7, 11) is 0. The molecule has 1 aliphatic carbocycles. The lowest BCUT2D eigenvalue weighted by molar-refractivity contribution is -0.138. The van der Waals surface area contributed by atoms with Crippen molar-refractivity contribution in [1.29, 1.82) is 0 Å². The molecular weight excluding hydrogens is 324 g/mol. The van der Waals surface area contributed by atoms with E-state index in [9.17, 15) is 9.59 Å². The van der Waals surface area contributed by atoms with Gasteiger partial charge in [0, 0.05) is 24.0 Å². The van der Waals surface area contributed by atoms with Gasteiger partial charge in [-0.25, -0.2) is 0 Å². The van der Waals surface area contributed by atoms with Crippen LogP contribution in [0, 0.1) is 0 Å². The van der Waals surface area contributed by atoms with Crippen LogP contribution in [0.5, 0.6) is 0 Å². The number of carbonyl (C=O) groups is 2. The lowest BCUT2D eigenvalue weighted by atomic mass is 9.93. The molecule has 1 atom stereocenters. The van der Waals surface area contributed by atoms with Crippen molar-refractivity contribution in [2.24, 2.45) is 0 Å². The van der Waals surface area contributed by atoms with E-state index in [1.807, 2.05) is 29.2 Å². The lowest BCUT2D eigenvalue weighted by Gasteiger charge is -2.35. The predicted octanol–water partition coefficient (Wildman–Crippen LogP) is 3.32. The SMILES string of the molecule is O=C(NCCc1ccc(Cl)cc1)C1CCC(=O)N1C1CCCCC1. The number of nitrogens with zero attached hydrogens (tertiary/aromatic N) is 1. The summed E-state index contributed by atoms with van der Waals surface area (Å²) < 4.78 is 0. The fourth-order valence-electron chi connectivity index (χ4n) is 3.88. The minimum absolute atomic E-state index is 0.000358. The molecule has 3 rings (SSSR count). The van der Waals surface area contributed by atoms with Gasteiger partial charge >= 0.3 is 0 Å². The summed E-state index contributed by atoms with van der Waals surface area (Å²) in [6, 6.07) is 7.66. The third-order valence-electron chi connectivity index (χ3n) is 5.15. The van der Waals surface area contributed by atoms with E-state index in [4.69, 9.17) is 11.6 Å². The van der Waals surface area contributed by atoms with E-state index < -0.39 is 0 Å². The summed E-state index contributed by atoms with van der Waals surface area (Å²) >= 11 is 5.88. The number of hydrogen-bond acceptors (Lipinski definition) is 2. The second-order valence-electron chi connectivity index (χ2n) is 6.81. The molecule has 1 aromatic carbocycles. The molecule has 2 aliphatic rings. The quantitative estimate of drug-likeness (QED) is 0.887. The summed E-state index contributed by atoms with van der Waals surface area (Å²) in [6.45, 7) is 0.587. The topological polar surface area (TPSA) is 49.4 Å². The number of likely N-dealkylation sites (tertiary alicyclic amines) is 1. The van der Waals surface area contributed by atoms with Crippen molar-refractivity contribution in [3.8, 4) is 0 Å². The van der Waals surface area contributed by atoms with Gasteiger partial charge in [0.05, 0.1) is 0 Å². The van der Waals surface area contributed by atoms with Crippen LogP contribution in [0.4, 0.5) is 0 Å². The van der Waals surface area contributed by atoms with Crippen LogP contribution in [-0.2, 0) is 16.0 Å². The van der Waals surface area contributed by atoms with Crippen LogP contribution in [-0.4, -0.2) is 35.3 Å². The molecule has 0 aromatic heterocycles. The van der Waals surface area contributed by atoms with E-state index in [2.05, 4.69) is 5.32 Å². The molecule has 2 amide bonds. The lowest BCUT2D eigenvalue weighted by Crippen LogP contribution is -2.50. The number of carbonyl (C=O) groups excluding carboxylic acids is 2. The molecule has 1 saturated heterocycles. The number of benzene rings is 1. The van der Waals surface area contributed by atoms with Gasteiger partial charge in [-0.1, -0.05) is 43.0 Å². The Morgan fingerprint density at radius 3 is 2.54 bits per heavy atom. The standard InChI is InChI=1S/C19H25ClN2O2/c20-15-8-6-14(7-9-15)12-13-21-19(24)17-10-11-18(23)22(17)16-4-2-1-3-5-16/h6-9,16-17H,1-5,10-13H2,(H,21,24). The van der Waals surface area contributed by atoms with Crippen molar-refractivity contribution < 1.29 is 9.59 Å². The van der Waals surface area contributed by atoms with Crippen molar-refractivity contribution in [1.82, 2.24) is 10.2 Å². The Bertz CT molecular complexity index is 582. The zero-order valence-electron chi connectivity index (χ0n) is 14.0. The van der Waals surface area contributed by atoms with E-state index in [1.54, 1.807) is 0 Å². The van der Waals surface area contributed by atoms with E-state index in [1.165, 1.54) is 19.3 Å². The average Bonchev–Trinajstić information content (AvgIpc) is 2.99. The van der Waals surface area contributed by atoms with Crippen LogP contribution < -0.4 is 5.32 Å². The Morgan fingerprint density at radius 1 is 1.12 bits per heavy atom. The second-order valence-corrected chi connectivity index (χ2v) is 7.25. The molecule has 1 saturated carbocycles. The fourth-order valence-corrected chi connectivity index (χ4v) is 4.00. The molecule has 1 aromatic rings. The van der Waals surface area contributed by atoms with E-state index >= 15 is 0 Å². The van der Waals surface area contributed by atoms with Gasteiger partial charge in [-0.2, -0.15) is 0 Å². The van der Waals surface area contributed by atoms with Crippen LogP contribution in [0.15, 0.2) is 24.3 Å². The average molecular weight is 349 g/mol. The smallest absolute Gasteiger partial charge is 0.242 e. The van der Waals surface area contributed by atoms with Gasteiger partial charge in [-0.05, 0) is 43.4 Å².